The molecule has 4 aromatic heterocycles. The minimum Gasteiger partial charge on any atom is -0.309 e. The highest BCUT2D eigenvalue weighted by Gasteiger charge is 2.24. The van der Waals surface area contributed by atoms with Crippen LogP contribution >= 0.6 is 11.3 Å². The molecule has 0 saturated heterocycles. The number of hydrogen-bond donors (Lipinski definition) is 0. The van der Waals surface area contributed by atoms with Gasteiger partial charge in [0.2, 0.25) is 5.95 Å². The van der Waals surface area contributed by atoms with Crippen LogP contribution in [0.25, 0.3) is 109 Å². The van der Waals surface area contributed by atoms with Crippen LogP contribution in [0.15, 0.2) is 182 Å². The highest BCUT2D eigenvalue weighted by molar-refractivity contribution is 7.26. The molecule has 12 aromatic rings. The Labute approximate surface area is 319 Å². The van der Waals surface area contributed by atoms with Crippen LogP contribution in [0, 0.1) is 0 Å². The molecule has 0 aliphatic carbocycles. The lowest BCUT2D eigenvalue weighted by molar-refractivity contribution is 1.02. The Bertz CT molecular complexity index is 3470. The first-order valence-electron chi connectivity index (χ1n) is 18.6. The van der Waals surface area contributed by atoms with E-state index in [1.165, 1.54) is 63.9 Å². The number of rotatable bonds is 4. The topological polar surface area (TPSA) is 35.6 Å². The third-order valence-electron chi connectivity index (χ3n) is 11.1. The molecule has 0 aliphatic rings. The van der Waals surface area contributed by atoms with Gasteiger partial charge in [0.05, 0.1) is 33.3 Å². The maximum atomic E-state index is 5.50. The number of nitrogens with zero attached hydrogens (tertiary/aromatic N) is 4. The van der Waals surface area contributed by atoms with E-state index in [2.05, 4.69) is 191 Å². The molecule has 0 atom stereocenters. The Morgan fingerprint density at radius 2 is 0.873 bits per heavy atom. The number of thiophene rings is 1. The van der Waals surface area contributed by atoms with Crippen molar-refractivity contribution in [1.29, 1.82) is 0 Å². The highest BCUT2D eigenvalue weighted by Crippen LogP contribution is 2.47. The lowest BCUT2D eigenvalue weighted by atomic mass is 10.0. The van der Waals surface area contributed by atoms with E-state index in [0.29, 0.717) is 5.95 Å². The van der Waals surface area contributed by atoms with Crippen molar-refractivity contribution in [2.45, 2.75) is 0 Å². The maximum absolute atomic E-state index is 5.50. The smallest absolute Gasteiger partial charge is 0.235 e. The molecule has 0 aliphatic heterocycles. The van der Waals surface area contributed by atoms with Gasteiger partial charge in [0.1, 0.15) is 0 Å². The molecule has 0 radical (unpaired) electrons. The van der Waals surface area contributed by atoms with Gasteiger partial charge in [-0.25, -0.2) is 9.97 Å². The monoisotopic (exact) mass is 718 g/mol. The van der Waals surface area contributed by atoms with Crippen LogP contribution in [0.1, 0.15) is 0 Å². The molecule has 0 unspecified atom stereocenters. The van der Waals surface area contributed by atoms with E-state index in [-0.39, 0.29) is 0 Å². The molecule has 0 fully saturated rings. The van der Waals surface area contributed by atoms with Crippen molar-refractivity contribution < 1.29 is 0 Å². The Morgan fingerprint density at radius 1 is 0.364 bits per heavy atom. The molecule has 0 N–H and O–H groups in total. The molecule has 8 aromatic carbocycles. The maximum Gasteiger partial charge on any atom is 0.235 e. The van der Waals surface area contributed by atoms with Crippen molar-refractivity contribution >= 4 is 86.0 Å². The first kappa shape index (κ1) is 30.4. The first-order valence-corrected chi connectivity index (χ1v) is 19.4. The Morgan fingerprint density at radius 3 is 1.55 bits per heavy atom. The Balaban J connectivity index is 1.21. The van der Waals surface area contributed by atoms with E-state index >= 15 is 0 Å². The van der Waals surface area contributed by atoms with E-state index in [0.717, 1.165) is 38.9 Å². The molecule has 5 heteroatoms. The third-order valence-corrected chi connectivity index (χ3v) is 12.3. The third kappa shape index (κ3) is 4.45. The normalized spacial score (nSPS) is 12.0. The lowest BCUT2D eigenvalue weighted by Crippen LogP contribution is -2.03. The van der Waals surface area contributed by atoms with Gasteiger partial charge in [-0.1, -0.05) is 140 Å². The van der Waals surface area contributed by atoms with Crippen LogP contribution in [0.4, 0.5) is 0 Å². The van der Waals surface area contributed by atoms with Crippen LogP contribution in [-0.4, -0.2) is 19.1 Å². The summed E-state index contributed by atoms with van der Waals surface area (Å²) in [7, 11) is 0. The summed E-state index contributed by atoms with van der Waals surface area (Å²) in [5.74, 6) is 0.662. The number of benzene rings is 8. The zero-order valence-corrected chi connectivity index (χ0v) is 30.3. The first-order chi connectivity index (χ1) is 27.3. The molecule has 12 rings (SSSR count). The molecule has 0 bridgehead atoms. The molecular formula is C50H30N4S. The molecule has 0 saturated carbocycles. The summed E-state index contributed by atoms with van der Waals surface area (Å²) in [6, 6.07) is 65.1. The summed E-state index contributed by atoms with van der Waals surface area (Å²) in [5, 5.41) is 8.37. The van der Waals surface area contributed by atoms with E-state index in [9.17, 15) is 0 Å². The number of hydrogen-bond acceptors (Lipinski definition) is 3. The van der Waals surface area contributed by atoms with Crippen molar-refractivity contribution in [3.05, 3.63) is 182 Å². The second kappa shape index (κ2) is 11.7. The molecule has 0 spiro atoms. The molecular weight excluding hydrogens is 689 g/mol. The molecule has 4 nitrogen and oxygen atoms in total. The predicted molar refractivity (Wildman–Crippen MR) is 232 cm³/mol. The van der Waals surface area contributed by atoms with Gasteiger partial charge in [-0.05, 0) is 53.6 Å². The van der Waals surface area contributed by atoms with Gasteiger partial charge in [0, 0.05) is 58.4 Å². The SMILES string of the molecule is c1ccc(-c2ccc(-c3nc(-n4c5ccccc5c5ccc6sc7ccc8c9ccccc9n(-c9ccccc9)c8c7c6c54)nc4ccccc34)cc2)cc1. The van der Waals surface area contributed by atoms with Crippen molar-refractivity contribution in [1.82, 2.24) is 19.1 Å². The number of para-hydroxylation sites is 4. The highest BCUT2D eigenvalue weighted by atomic mass is 32.1. The summed E-state index contributed by atoms with van der Waals surface area (Å²) in [6.07, 6.45) is 0. The fourth-order valence-electron chi connectivity index (χ4n) is 8.74. The Kier molecular flexibility index (Phi) is 6.47. The molecule has 4 heterocycles. The molecule has 0 amide bonds. The van der Waals surface area contributed by atoms with Crippen LogP contribution in [0.5, 0.6) is 0 Å². The van der Waals surface area contributed by atoms with Crippen molar-refractivity contribution in [2.24, 2.45) is 0 Å². The summed E-state index contributed by atoms with van der Waals surface area (Å²) < 4.78 is 7.27. The van der Waals surface area contributed by atoms with Gasteiger partial charge in [-0.2, -0.15) is 0 Å². The summed E-state index contributed by atoms with van der Waals surface area (Å²) >= 11 is 1.85. The molecule has 256 valence electrons. The molecule has 55 heavy (non-hydrogen) atoms. The standard InChI is InChI=1S/C50H30N4S/c1-3-13-31(14-4-1)32-23-25-33(26-24-32)47-39-19-7-10-20-40(39)51-50(52-47)54-42-22-12-9-18-36(42)38-28-30-44-46(49(38)54)45-43(55-44)29-27-37-35-17-8-11-21-41(35)53(48(37)45)34-15-5-2-6-16-34/h1-30H. The van der Waals surface area contributed by atoms with Gasteiger partial charge >= 0.3 is 0 Å². The zero-order chi connectivity index (χ0) is 36.0. The van der Waals surface area contributed by atoms with Crippen molar-refractivity contribution in [3.8, 4) is 34.0 Å². The summed E-state index contributed by atoms with van der Waals surface area (Å²) in [5.41, 5.74) is 11.0. The van der Waals surface area contributed by atoms with Gasteiger partial charge < -0.3 is 4.57 Å². The lowest BCUT2D eigenvalue weighted by Gasteiger charge is -2.13. The largest absolute Gasteiger partial charge is 0.309 e. The number of fused-ring (bicyclic) bond motifs is 12. The van der Waals surface area contributed by atoms with Crippen LogP contribution in [0.3, 0.4) is 0 Å². The zero-order valence-electron chi connectivity index (χ0n) is 29.5. The van der Waals surface area contributed by atoms with Gasteiger partial charge in [-0.3, -0.25) is 4.57 Å². The fraction of sp³-hybridized carbons (Fsp3) is 0. The van der Waals surface area contributed by atoms with Gasteiger partial charge in [0.15, 0.2) is 0 Å². The van der Waals surface area contributed by atoms with E-state index < -0.39 is 0 Å². The predicted octanol–water partition coefficient (Wildman–Crippen LogP) is 13.5. The van der Waals surface area contributed by atoms with E-state index in [1.54, 1.807) is 0 Å². The summed E-state index contributed by atoms with van der Waals surface area (Å²) in [4.78, 5) is 10.9. The minimum atomic E-state index is 0.662. The summed E-state index contributed by atoms with van der Waals surface area (Å²) in [6.45, 7) is 0. The van der Waals surface area contributed by atoms with Crippen molar-refractivity contribution in [2.75, 3.05) is 0 Å². The van der Waals surface area contributed by atoms with Crippen molar-refractivity contribution in [3.63, 3.8) is 0 Å². The van der Waals surface area contributed by atoms with Crippen LogP contribution in [0.2, 0.25) is 0 Å². The van der Waals surface area contributed by atoms with Gasteiger partial charge in [-0.15, -0.1) is 11.3 Å². The van der Waals surface area contributed by atoms with Gasteiger partial charge in [0.25, 0.3) is 0 Å². The average molecular weight is 719 g/mol. The van der Waals surface area contributed by atoms with Crippen LogP contribution in [-0.2, 0) is 0 Å². The van der Waals surface area contributed by atoms with Crippen LogP contribution < -0.4 is 0 Å². The second-order valence-corrected chi connectivity index (χ2v) is 15.2. The van der Waals surface area contributed by atoms with E-state index in [4.69, 9.17) is 9.97 Å². The Hall–Kier alpha value is -7.08. The second-order valence-electron chi connectivity index (χ2n) is 14.1. The average Bonchev–Trinajstić information content (AvgIpc) is 3.92. The minimum absolute atomic E-state index is 0.662. The fourth-order valence-corrected chi connectivity index (χ4v) is 9.85. The quantitative estimate of drug-likeness (QED) is 0.182. The van der Waals surface area contributed by atoms with E-state index in [1.807, 2.05) is 11.3 Å². The number of aromatic nitrogens is 4.